The second-order valence-electron chi connectivity index (χ2n) is 13.1. The van der Waals surface area contributed by atoms with Crippen LogP contribution >= 0.6 is 0 Å². The van der Waals surface area contributed by atoms with Gasteiger partial charge in [-0.1, -0.05) is 29.7 Å². The third-order valence-corrected chi connectivity index (χ3v) is 10.2. The fourth-order valence-electron chi connectivity index (χ4n) is 8.12. The molecule has 0 radical (unpaired) electrons. The van der Waals surface area contributed by atoms with E-state index in [0.29, 0.717) is 58.4 Å². The lowest BCUT2D eigenvalue weighted by atomic mass is 9.93. The first-order valence-electron chi connectivity index (χ1n) is 16.1. The van der Waals surface area contributed by atoms with Gasteiger partial charge in [-0.15, -0.1) is 6.42 Å². The highest BCUT2D eigenvalue weighted by molar-refractivity contribution is 6.02. The summed E-state index contributed by atoms with van der Waals surface area (Å²) in [6.45, 7) is 4.46. The van der Waals surface area contributed by atoms with Crippen LogP contribution in [0.5, 0.6) is 11.8 Å². The first kappa shape index (κ1) is 29.1. The van der Waals surface area contributed by atoms with Gasteiger partial charge in [-0.25, -0.2) is 4.39 Å². The van der Waals surface area contributed by atoms with E-state index in [2.05, 4.69) is 32.1 Å². The number of rotatable bonds is 7. The molecule has 0 amide bonds. The number of ether oxygens (including phenoxy) is 2. The maximum absolute atomic E-state index is 16.9. The predicted octanol–water partition coefficient (Wildman–Crippen LogP) is 4.80. The van der Waals surface area contributed by atoms with Gasteiger partial charge in [0, 0.05) is 61.5 Å². The van der Waals surface area contributed by atoms with Gasteiger partial charge in [0.25, 0.3) is 0 Å². The number of piperazine rings is 1. The Morgan fingerprint density at radius 2 is 2.07 bits per heavy atom. The summed E-state index contributed by atoms with van der Waals surface area (Å²) in [7, 11) is 1.71. The summed E-state index contributed by atoms with van der Waals surface area (Å²) in [5.41, 5.74) is 2.42. The van der Waals surface area contributed by atoms with E-state index < -0.39 is 5.82 Å². The predicted molar refractivity (Wildman–Crippen MR) is 176 cm³/mol. The summed E-state index contributed by atoms with van der Waals surface area (Å²) < 4.78 is 28.6. The standard InChI is InChI=1S/C36H37FN6O3/c1-3-23-6-4-7-24-14-27(44)15-28(30(23)24)32-31(37)33-29(17-38-32)34(42-19-25-8-9-26(20-42)39-25)41-35(40-33)46-21-36-11-5-12-43(36)18-22(16-36)10-13-45-2/h1,4,6-7,10,14-15,17,25-26,39,44H,5,8-9,11-13,16,18-21H2,2H3. The molecule has 2 aromatic carbocycles. The minimum Gasteiger partial charge on any atom is -0.508 e. The van der Waals surface area contributed by atoms with Crippen molar-refractivity contribution < 1.29 is 19.0 Å². The van der Waals surface area contributed by atoms with Crippen LogP contribution in [-0.2, 0) is 4.74 Å². The van der Waals surface area contributed by atoms with Gasteiger partial charge < -0.3 is 24.8 Å². The van der Waals surface area contributed by atoms with Crippen LogP contribution < -0.4 is 15.0 Å². The van der Waals surface area contributed by atoms with Gasteiger partial charge in [0.1, 0.15) is 29.4 Å². The Bertz CT molecular complexity index is 1910. The molecule has 4 aliphatic heterocycles. The summed E-state index contributed by atoms with van der Waals surface area (Å²) in [4.78, 5) is 19.0. The molecule has 6 heterocycles. The highest BCUT2D eigenvalue weighted by Crippen LogP contribution is 2.42. The van der Waals surface area contributed by atoms with Crippen molar-refractivity contribution in [3.8, 4) is 35.4 Å². The molecule has 9 nitrogen and oxygen atoms in total. The quantitative estimate of drug-likeness (QED) is 0.223. The normalized spacial score (nSPS) is 25.1. The molecule has 0 spiro atoms. The lowest BCUT2D eigenvalue weighted by Gasteiger charge is -2.34. The van der Waals surface area contributed by atoms with Crippen LogP contribution in [0.15, 0.2) is 48.2 Å². The molecule has 4 aliphatic rings. The summed E-state index contributed by atoms with van der Waals surface area (Å²) in [5.74, 6) is 2.73. The maximum Gasteiger partial charge on any atom is 0.319 e. The van der Waals surface area contributed by atoms with Crippen LogP contribution in [0.3, 0.4) is 0 Å². The van der Waals surface area contributed by atoms with Crippen molar-refractivity contribution in [1.29, 1.82) is 0 Å². The van der Waals surface area contributed by atoms with Gasteiger partial charge in [-0.3, -0.25) is 9.88 Å². The fourth-order valence-corrected chi connectivity index (χ4v) is 8.12. The third-order valence-electron chi connectivity index (χ3n) is 10.2. The number of benzene rings is 2. The first-order valence-corrected chi connectivity index (χ1v) is 16.1. The van der Waals surface area contributed by atoms with E-state index in [0.717, 1.165) is 58.3 Å². The van der Waals surface area contributed by atoms with Gasteiger partial charge >= 0.3 is 6.01 Å². The number of fused-ring (bicyclic) bond motifs is 5. The molecule has 10 heteroatoms. The molecule has 2 bridgehead atoms. The average Bonchev–Trinajstić information content (AvgIpc) is 3.73. The lowest BCUT2D eigenvalue weighted by Crippen LogP contribution is -2.51. The number of nitrogens with zero attached hydrogens (tertiary/aromatic N) is 5. The van der Waals surface area contributed by atoms with E-state index in [-0.39, 0.29) is 28.5 Å². The molecule has 2 N–H and O–H groups in total. The van der Waals surface area contributed by atoms with Crippen LogP contribution in [0.2, 0.25) is 0 Å². The van der Waals surface area contributed by atoms with Gasteiger partial charge in [0.05, 0.1) is 17.5 Å². The largest absolute Gasteiger partial charge is 0.508 e. The number of halogens is 1. The van der Waals surface area contributed by atoms with Crippen molar-refractivity contribution in [2.45, 2.75) is 49.7 Å². The molecular weight excluding hydrogens is 583 g/mol. The minimum absolute atomic E-state index is 0.00230. The van der Waals surface area contributed by atoms with Gasteiger partial charge in [0.2, 0.25) is 0 Å². The monoisotopic (exact) mass is 620 g/mol. The number of methoxy groups -OCH3 is 1. The van der Waals surface area contributed by atoms with E-state index in [4.69, 9.17) is 25.9 Å². The van der Waals surface area contributed by atoms with E-state index in [1.54, 1.807) is 25.4 Å². The van der Waals surface area contributed by atoms with Crippen LogP contribution in [0.25, 0.3) is 32.9 Å². The Morgan fingerprint density at radius 3 is 2.87 bits per heavy atom. The molecule has 236 valence electrons. The summed E-state index contributed by atoms with van der Waals surface area (Å²) in [6.07, 6.45) is 14.9. The van der Waals surface area contributed by atoms with Gasteiger partial charge in [-0.2, -0.15) is 9.97 Å². The van der Waals surface area contributed by atoms with E-state index in [9.17, 15) is 5.11 Å². The Balaban J connectivity index is 1.23. The number of phenolic OH excluding ortho intramolecular Hbond substituents is 1. The molecule has 46 heavy (non-hydrogen) atoms. The lowest BCUT2D eigenvalue weighted by molar-refractivity contribution is 0.108. The van der Waals surface area contributed by atoms with E-state index in [1.807, 2.05) is 12.1 Å². The Kier molecular flexibility index (Phi) is 7.28. The zero-order valence-electron chi connectivity index (χ0n) is 25.9. The number of nitrogens with one attached hydrogen (secondary N) is 1. The highest BCUT2D eigenvalue weighted by atomic mass is 19.1. The van der Waals surface area contributed by atoms with Crippen molar-refractivity contribution >= 4 is 27.5 Å². The second-order valence-corrected chi connectivity index (χ2v) is 13.1. The smallest absolute Gasteiger partial charge is 0.319 e. The molecule has 3 unspecified atom stereocenters. The number of aromatic hydroxyl groups is 1. The number of hydrogen-bond acceptors (Lipinski definition) is 9. The van der Waals surface area contributed by atoms with Crippen molar-refractivity contribution in [3.05, 3.63) is 59.6 Å². The van der Waals surface area contributed by atoms with Crippen LogP contribution in [-0.4, -0.2) is 89.1 Å². The molecule has 8 rings (SSSR count). The van der Waals surface area contributed by atoms with Crippen LogP contribution in [0, 0.1) is 18.2 Å². The number of phenols is 1. The zero-order valence-corrected chi connectivity index (χ0v) is 25.9. The summed E-state index contributed by atoms with van der Waals surface area (Å²) in [6, 6.07) is 9.46. The molecule has 2 aromatic heterocycles. The SMILES string of the molecule is C#Cc1cccc2cc(O)cc(-c3ncc4c(N5CC6CCC(C5)N6)nc(OCC56CCCN5CC(=CCOC)C6)nc4c3F)c12. The molecule has 0 aliphatic carbocycles. The molecular formula is C36H37FN6O3. The number of anilines is 1. The number of aromatic nitrogens is 3. The second kappa shape index (κ2) is 11.5. The first-order chi connectivity index (χ1) is 22.4. The van der Waals surface area contributed by atoms with Crippen molar-refractivity contribution in [2.24, 2.45) is 0 Å². The van der Waals surface area contributed by atoms with Gasteiger partial charge in [0.15, 0.2) is 5.82 Å². The third kappa shape index (κ3) is 4.94. The molecule has 4 saturated heterocycles. The number of hydrogen-bond donors (Lipinski definition) is 2. The van der Waals surface area contributed by atoms with Crippen LogP contribution in [0.1, 0.15) is 37.7 Å². The van der Waals surface area contributed by atoms with Crippen molar-refractivity contribution in [1.82, 2.24) is 25.2 Å². The minimum atomic E-state index is -0.603. The van der Waals surface area contributed by atoms with Crippen LogP contribution in [0.4, 0.5) is 10.2 Å². The molecule has 0 saturated carbocycles. The average molecular weight is 621 g/mol. The summed E-state index contributed by atoms with van der Waals surface area (Å²) >= 11 is 0. The molecule has 4 fully saturated rings. The Morgan fingerprint density at radius 1 is 1.22 bits per heavy atom. The van der Waals surface area contributed by atoms with E-state index >= 15 is 4.39 Å². The zero-order chi connectivity index (χ0) is 31.4. The van der Waals surface area contributed by atoms with Crippen molar-refractivity contribution in [3.63, 3.8) is 0 Å². The number of pyridine rings is 1. The van der Waals surface area contributed by atoms with E-state index in [1.165, 1.54) is 11.6 Å². The molecule has 3 atom stereocenters. The number of terminal acetylenes is 1. The topological polar surface area (TPSA) is 95.9 Å². The summed E-state index contributed by atoms with van der Waals surface area (Å²) in [5, 5.41) is 16.1. The van der Waals surface area contributed by atoms with Crippen molar-refractivity contribution in [2.75, 3.05) is 51.4 Å². The maximum atomic E-state index is 16.9. The highest BCUT2D eigenvalue weighted by Gasteiger charge is 2.47. The fraction of sp³-hybridized carbons (Fsp3) is 0.417. The van der Waals surface area contributed by atoms with Gasteiger partial charge in [-0.05, 0) is 62.2 Å². The Labute approximate surface area is 267 Å². The molecule has 4 aromatic rings. The Hall–Kier alpha value is -4.30.